The van der Waals surface area contributed by atoms with Crippen molar-refractivity contribution < 1.29 is 13.9 Å². The molecule has 1 atom stereocenters. The number of hydrogen-bond donors (Lipinski definition) is 0. The van der Waals surface area contributed by atoms with Gasteiger partial charge in [-0.1, -0.05) is 36.4 Å². The lowest BCUT2D eigenvalue weighted by Gasteiger charge is -2.28. The van der Waals surface area contributed by atoms with Crippen molar-refractivity contribution in [2.24, 2.45) is 0 Å². The first-order valence-electron chi connectivity index (χ1n) is 6.57. The maximum absolute atomic E-state index is 13.1. The van der Waals surface area contributed by atoms with Crippen LogP contribution in [0.2, 0.25) is 0 Å². The number of Topliss-reactive ketones (excluding diaryl/α,β-unsaturated/α-hetero) is 1. The highest BCUT2D eigenvalue weighted by Crippen LogP contribution is 2.54. The predicted molar refractivity (Wildman–Crippen MR) is 79.9 cm³/mol. The smallest absolute Gasteiger partial charge is 0.278 e. The molecule has 2 aromatic rings. The molecular formula is C16H15O3P. The molecule has 0 spiro atoms. The van der Waals surface area contributed by atoms with E-state index in [4.69, 9.17) is 4.52 Å². The lowest BCUT2D eigenvalue weighted by molar-refractivity contribution is -0.116. The van der Waals surface area contributed by atoms with Gasteiger partial charge in [0.25, 0.3) is 7.37 Å². The summed E-state index contributed by atoms with van der Waals surface area (Å²) in [6, 6.07) is 15.2. The van der Waals surface area contributed by atoms with Gasteiger partial charge in [-0.3, -0.25) is 4.57 Å². The van der Waals surface area contributed by atoms with E-state index in [9.17, 15) is 9.36 Å². The molecule has 20 heavy (non-hydrogen) atoms. The molecule has 3 rings (SSSR count). The van der Waals surface area contributed by atoms with Gasteiger partial charge in [0.2, 0.25) is 0 Å². The van der Waals surface area contributed by atoms with Crippen molar-refractivity contribution in [3.8, 4) is 16.9 Å². The lowest BCUT2D eigenvalue weighted by atomic mass is 10.0. The van der Waals surface area contributed by atoms with Gasteiger partial charge >= 0.3 is 0 Å². The van der Waals surface area contributed by atoms with Gasteiger partial charge in [-0.2, -0.15) is 0 Å². The molecule has 0 fully saturated rings. The van der Waals surface area contributed by atoms with E-state index < -0.39 is 7.37 Å². The maximum atomic E-state index is 13.1. The van der Waals surface area contributed by atoms with Crippen molar-refractivity contribution in [3.63, 3.8) is 0 Å². The van der Waals surface area contributed by atoms with Gasteiger partial charge in [-0.15, -0.1) is 0 Å². The molecule has 0 bridgehead atoms. The van der Waals surface area contributed by atoms with Crippen LogP contribution in [0.15, 0.2) is 48.5 Å². The van der Waals surface area contributed by atoms with Crippen LogP contribution in [0.25, 0.3) is 11.1 Å². The van der Waals surface area contributed by atoms with Crippen LogP contribution in [0, 0.1) is 0 Å². The molecule has 0 N–H and O–H groups in total. The maximum Gasteiger partial charge on any atom is 0.278 e. The molecule has 0 radical (unpaired) electrons. The van der Waals surface area contributed by atoms with Gasteiger partial charge < -0.3 is 9.32 Å². The highest BCUT2D eigenvalue weighted by atomic mass is 31.2. The summed E-state index contributed by atoms with van der Waals surface area (Å²) in [6.45, 7) is 1.51. The standard InChI is InChI=1S/C16H15O3P/c1-12(17)10-11-20(18)16-9-5-3-7-14(16)13-6-2-4-8-15(13)19-20/h2-9H,10-11H2,1H3. The SMILES string of the molecule is CC(=O)CCP1(=O)Oc2ccccc2-c2ccccc21. The summed E-state index contributed by atoms with van der Waals surface area (Å²) in [5.41, 5.74) is 1.90. The van der Waals surface area contributed by atoms with Crippen molar-refractivity contribution in [3.05, 3.63) is 48.5 Å². The fourth-order valence-corrected chi connectivity index (χ4v) is 4.84. The third-order valence-corrected chi connectivity index (χ3v) is 5.88. The summed E-state index contributed by atoms with van der Waals surface area (Å²) >= 11 is 0. The minimum atomic E-state index is -3.01. The van der Waals surface area contributed by atoms with Crippen molar-refractivity contribution in [2.45, 2.75) is 13.3 Å². The van der Waals surface area contributed by atoms with Gasteiger partial charge in [0.05, 0.1) is 5.30 Å². The van der Waals surface area contributed by atoms with Gasteiger partial charge in [-0.05, 0) is 24.6 Å². The summed E-state index contributed by atoms with van der Waals surface area (Å²) in [5, 5.41) is 0.722. The monoisotopic (exact) mass is 286 g/mol. The molecule has 1 aliphatic heterocycles. The normalized spacial score (nSPS) is 19.6. The molecule has 1 heterocycles. The Bertz CT molecular complexity index is 721. The number of ketones is 1. The predicted octanol–water partition coefficient (Wildman–Crippen LogP) is 3.63. The molecule has 4 heteroatoms. The average Bonchev–Trinajstić information content (AvgIpc) is 2.46. The van der Waals surface area contributed by atoms with Gasteiger partial charge in [0, 0.05) is 18.1 Å². The Kier molecular flexibility index (Phi) is 3.23. The van der Waals surface area contributed by atoms with Crippen LogP contribution in [-0.2, 0) is 9.36 Å². The second kappa shape index (κ2) is 4.92. The molecule has 0 aliphatic carbocycles. The fraction of sp³-hybridized carbons (Fsp3) is 0.188. The first kappa shape index (κ1) is 13.1. The van der Waals surface area contributed by atoms with Crippen LogP contribution in [0.5, 0.6) is 5.75 Å². The second-order valence-corrected chi connectivity index (χ2v) is 7.41. The van der Waals surface area contributed by atoms with E-state index in [0.29, 0.717) is 5.75 Å². The molecule has 2 aromatic carbocycles. The molecule has 0 saturated heterocycles. The van der Waals surface area contributed by atoms with Crippen LogP contribution in [0.1, 0.15) is 13.3 Å². The first-order valence-corrected chi connectivity index (χ1v) is 8.38. The Hall–Kier alpha value is -1.86. The zero-order chi connectivity index (χ0) is 14.2. The number of carbonyl (C=O) groups excluding carboxylic acids is 1. The third-order valence-electron chi connectivity index (χ3n) is 3.45. The summed E-state index contributed by atoms with van der Waals surface area (Å²) in [6.07, 6.45) is 0.529. The third kappa shape index (κ3) is 2.19. The molecule has 102 valence electrons. The van der Waals surface area contributed by atoms with E-state index in [1.165, 1.54) is 6.92 Å². The van der Waals surface area contributed by atoms with Crippen molar-refractivity contribution in [1.29, 1.82) is 0 Å². The number of carbonyl (C=O) groups is 1. The van der Waals surface area contributed by atoms with E-state index in [-0.39, 0.29) is 18.4 Å². The second-order valence-electron chi connectivity index (χ2n) is 4.95. The Morgan fingerprint density at radius 1 is 1.05 bits per heavy atom. The molecule has 0 aromatic heterocycles. The number of rotatable bonds is 3. The van der Waals surface area contributed by atoms with E-state index in [0.717, 1.165) is 16.4 Å². The largest absolute Gasteiger partial charge is 0.439 e. The Morgan fingerprint density at radius 2 is 1.70 bits per heavy atom. The highest BCUT2D eigenvalue weighted by molar-refractivity contribution is 7.67. The molecule has 1 aliphatic rings. The van der Waals surface area contributed by atoms with E-state index in [1.54, 1.807) is 0 Å². The Morgan fingerprint density at radius 3 is 2.45 bits per heavy atom. The first-order chi connectivity index (χ1) is 9.60. The Labute approximate surface area is 118 Å². The van der Waals surface area contributed by atoms with Crippen molar-refractivity contribution >= 4 is 18.5 Å². The van der Waals surface area contributed by atoms with Crippen molar-refractivity contribution in [2.75, 3.05) is 6.16 Å². The summed E-state index contributed by atoms with van der Waals surface area (Å²) < 4.78 is 18.9. The Balaban J connectivity index is 2.13. The molecule has 0 saturated carbocycles. The van der Waals surface area contributed by atoms with Crippen LogP contribution < -0.4 is 9.83 Å². The molecule has 0 amide bonds. The average molecular weight is 286 g/mol. The zero-order valence-electron chi connectivity index (χ0n) is 11.2. The summed E-state index contributed by atoms with van der Waals surface area (Å²) in [7, 11) is -3.01. The van der Waals surface area contributed by atoms with E-state index in [2.05, 4.69) is 0 Å². The minimum absolute atomic E-state index is 0.0279. The molecular weight excluding hydrogens is 271 g/mol. The molecule has 3 nitrogen and oxygen atoms in total. The van der Waals surface area contributed by atoms with Gasteiger partial charge in [0.15, 0.2) is 0 Å². The van der Waals surface area contributed by atoms with Crippen LogP contribution in [-0.4, -0.2) is 11.9 Å². The van der Waals surface area contributed by atoms with Gasteiger partial charge in [-0.25, -0.2) is 0 Å². The topological polar surface area (TPSA) is 43.4 Å². The zero-order valence-corrected chi connectivity index (χ0v) is 12.1. The van der Waals surface area contributed by atoms with Gasteiger partial charge in [0.1, 0.15) is 11.5 Å². The summed E-state index contributed by atoms with van der Waals surface area (Å²) in [5.74, 6) is 0.665. The lowest BCUT2D eigenvalue weighted by Crippen LogP contribution is -2.20. The summed E-state index contributed by atoms with van der Waals surface area (Å²) in [4.78, 5) is 11.2. The number of hydrogen-bond acceptors (Lipinski definition) is 3. The van der Waals surface area contributed by atoms with Crippen LogP contribution >= 0.6 is 7.37 Å². The number of benzene rings is 2. The van der Waals surface area contributed by atoms with Crippen molar-refractivity contribution in [1.82, 2.24) is 0 Å². The number of fused-ring (bicyclic) bond motifs is 3. The quantitative estimate of drug-likeness (QED) is 0.809. The fourth-order valence-electron chi connectivity index (χ4n) is 2.45. The number of para-hydroxylation sites is 1. The van der Waals surface area contributed by atoms with E-state index >= 15 is 0 Å². The van der Waals surface area contributed by atoms with E-state index in [1.807, 2.05) is 48.5 Å². The van der Waals surface area contributed by atoms with Crippen LogP contribution in [0.4, 0.5) is 0 Å². The molecule has 1 unspecified atom stereocenters. The van der Waals surface area contributed by atoms with Crippen LogP contribution in [0.3, 0.4) is 0 Å². The minimum Gasteiger partial charge on any atom is -0.439 e. The highest BCUT2D eigenvalue weighted by Gasteiger charge is 2.35.